The number of aromatic nitrogens is 3. The zero-order valence-corrected chi connectivity index (χ0v) is 16.1. The highest BCUT2D eigenvalue weighted by molar-refractivity contribution is 5.93. The summed E-state index contributed by atoms with van der Waals surface area (Å²) in [4.78, 5) is 18.9. The smallest absolute Gasteiger partial charge is 0.274 e. The number of carbonyl (C=O) groups is 1. The predicted molar refractivity (Wildman–Crippen MR) is 105 cm³/mol. The number of amides is 1. The summed E-state index contributed by atoms with van der Waals surface area (Å²) in [5.41, 5.74) is 1.57. The molecule has 29 heavy (non-hydrogen) atoms. The number of ether oxygens (including phenoxy) is 2. The second kappa shape index (κ2) is 8.19. The van der Waals surface area contributed by atoms with Crippen LogP contribution in [0.2, 0.25) is 0 Å². The molecule has 2 aromatic heterocycles. The molecule has 8 nitrogen and oxygen atoms in total. The predicted octanol–water partition coefficient (Wildman–Crippen LogP) is 2.54. The Balaban J connectivity index is 1.41. The van der Waals surface area contributed by atoms with Gasteiger partial charge in [-0.3, -0.25) is 4.79 Å². The summed E-state index contributed by atoms with van der Waals surface area (Å²) in [5, 5.41) is 13.3. The van der Waals surface area contributed by atoms with Crippen LogP contribution in [-0.4, -0.2) is 52.2 Å². The van der Waals surface area contributed by atoms with Gasteiger partial charge in [-0.25, -0.2) is 9.50 Å². The van der Waals surface area contributed by atoms with Gasteiger partial charge in [0.1, 0.15) is 0 Å². The zero-order valence-electron chi connectivity index (χ0n) is 16.1. The van der Waals surface area contributed by atoms with Crippen molar-refractivity contribution < 1.29 is 14.3 Å². The molecular weight excluding hydrogens is 370 g/mol. The molecule has 0 N–H and O–H groups in total. The van der Waals surface area contributed by atoms with E-state index in [1.54, 1.807) is 54.4 Å². The number of fused-ring (bicyclic) bond motifs is 1. The molecule has 3 aromatic rings. The van der Waals surface area contributed by atoms with Crippen LogP contribution in [0.4, 0.5) is 0 Å². The second-order valence-corrected chi connectivity index (χ2v) is 7.00. The Morgan fingerprint density at radius 3 is 3.03 bits per heavy atom. The lowest BCUT2D eigenvalue weighted by Gasteiger charge is -2.32. The minimum Gasteiger partial charge on any atom is -0.493 e. The van der Waals surface area contributed by atoms with E-state index in [4.69, 9.17) is 14.7 Å². The Hall–Kier alpha value is -3.60. The standard InChI is InChI=1S/C21H21N5O3/c1-28-19-10-15(12-22)5-6-18(19)29-14-16-4-2-8-25(13-16)21(27)17-11-20-23-7-3-9-26(20)24-17/h3,5-7,9-11,16H,2,4,8,13-14H2,1H3. The largest absolute Gasteiger partial charge is 0.493 e. The monoisotopic (exact) mass is 391 g/mol. The first-order chi connectivity index (χ1) is 14.2. The van der Waals surface area contributed by atoms with Gasteiger partial charge in [0.25, 0.3) is 5.91 Å². The van der Waals surface area contributed by atoms with Gasteiger partial charge in [0.15, 0.2) is 22.8 Å². The lowest BCUT2D eigenvalue weighted by Crippen LogP contribution is -2.41. The van der Waals surface area contributed by atoms with Crippen LogP contribution in [0.3, 0.4) is 0 Å². The number of hydrogen-bond acceptors (Lipinski definition) is 6. The van der Waals surface area contributed by atoms with E-state index in [1.165, 1.54) is 0 Å². The van der Waals surface area contributed by atoms with Crippen molar-refractivity contribution >= 4 is 11.6 Å². The van der Waals surface area contributed by atoms with Crippen LogP contribution >= 0.6 is 0 Å². The van der Waals surface area contributed by atoms with Crippen molar-refractivity contribution in [3.63, 3.8) is 0 Å². The first-order valence-electron chi connectivity index (χ1n) is 9.48. The van der Waals surface area contributed by atoms with Crippen LogP contribution < -0.4 is 9.47 Å². The number of likely N-dealkylation sites (tertiary alicyclic amines) is 1. The summed E-state index contributed by atoms with van der Waals surface area (Å²) in [6.07, 6.45) is 5.35. The fourth-order valence-electron chi connectivity index (χ4n) is 3.55. The Morgan fingerprint density at radius 2 is 2.24 bits per heavy atom. The first kappa shape index (κ1) is 18.7. The number of hydrogen-bond donors (Lipinski definition) is 0. The Morgan fingerprint density at radius 1 is 1.34 bits per heavy atom. The fraction of sp³-hybridized carbons (Fsp3) is 0.333. The molecule has 0 bridgehead atoms. The van der Waals surface area contributed by atoms with Crippen molar-refractivity contribution in [1.82, 2.24) is 19.5 Å². The quantitative estimate of drug-likeness (QED) is 0.664. The number of carbonyl (C=O) groups excluding carboxylic acids is 1. The summed E-state index contributed by atoms with van der Waals surface area (Å²) >= 11 is 0. The van der Waals surface area contributed by atoms with E-state index in [2.05, 4.69) is 16.2 Å². The number of piperidine rings is 1. The molecule has 1 aliphatic heterocycles. The number of rotatable bonds is 5. The lowest BCUT2D eigenvalue weighted by atomic mass is 9.98. The molecule has 1 atom stereocenters. The Bertz CT molecular complexity index is 1040. The van der Waals surface area contributed by atoms with E-state index in [-0.39, 0.29) is 11.8 Å². The number of methoxy groups -OCH3 is 1. The summed E-state index contributed by atoms with van der Waals surface area (Å²) < 4.78 is 12.9. The average molecular weight is 391 g/mol. The van der Waals surface area contributed by atoms with Crippen LogP contribution in [-0.2, 0) is 0 Å². The van der Waals surface area contributed by atoms with Gasteiger partial charge in [-0.1, -0.05) is 0 Å². The molecule has 1 unspecified atom stereocenters. The Kier molecular flexibility index (Phi) is 5.29. The van der Waals surface area contributed by atoms with Crippen molar-refractivity contribution in [2.75, 3.05) is 26.8 Å². The molecule has 1 aliphatic rings. The number of nitriles is 1. The molecule has 3 heterocycles. The van der Waals surface area contributed by atoms with Crippen molar-refractivity contribution in [3.05, 3.63) is 54.0 Å². The van der Waals surface area contributed by atoms with E-state index in [9.17, 15) is 4.79 Å². The van der Waals surface area contributed by atoms with Crippen molar-refractivity contribution in [1.29, 1.82) is 5.26 Å². The average Bonchev–Trinajstić information content (AvgIpc) is 3.21. The van der Waals surface area contributed by atoms with Gasteiger partial charge < -0.3 is 14.4 Å². The highest BCUT2D eigenvalue weighted by Gasteiger charge is 2.27. The summed E-state index contributed by atoms with van der Waals surface area (Å²) in [5.74, 6) is 1.26. The van der Waals surface area contributed by atoms with Crippen LogP contribution in [0.5, 0.6) is 11.5 Å². The van der Waals surface area contributed by atoms with Crippen LogP contribution in [0.15, 0.2) is 42.7 Å². The minimum absolute atomic E-state index is 0.0869. The van der Waals surface area contributed by atoms with Gasteiger partial charge in [0.05, 0.1) is 25.3 Å². The van der Waals surface area contributed by atoms with Crippen LogP contribution in [0.1, 0.15) is 28.9 Å². The molecule has 1 aromatic carbocycles. The molecule has 1 saturated heterocycles. The van der Waals surface area contributed by atoms with Crippen molar-refractivity contribution in [3.8, 4) is 17.6 Å². The maximum atomic E-state index is 12.9. The van der Waals surface area contributed by atoms with Gasteiger partial charge >= 0.3 is 0 Å². The summed E-state index contributed by atoms with van der Waals surface area (Å²) in [6, 6.07) is 10.7. The molecule has 0 aliphatic carbocycles. The van der Waals surface area contributed by atoms with Crippen LogP contribution in [0.25, 0.3) is 5.65 Å². The first-order valence-corrected chi connectivity index (χ1v) is 9.48. The van der Waals surface area contributed by atoms with E-state index >= 15 is 0 Å². The molecule has 148 valence electrons. The van der Waals surface area contributed by atoms with Crippen LogP contribution in [0, 0.1) is 17.2 Å². The van der Waals surface area contributed by atoms with E-state index in [0.717, 1.165) is 12.8 Å². The summed E-state index contributed by atoms with van der Waals surface area (Å²) in [7, 11) is 1.55. The molecule has 1 fully saturated rings. The maximum Gasteiger partial charge on any atom is 0.274 e. The second-order valence-electron chi connectivity index (χ2n) is 7.00. The van der Waals surface area contributed by atoms with Gasteiger partial charge in [-0.15, -0.1) is 0 Å². The third-order valence-corrected chi connectivity index (χ3v) is 5.03. The molecular formula is C21H21N5O3. The number of nitrogens with zero attached hydrogens (tertiary/aromatic N) is 5. The van der Waals surface area contributed by atoms with Gasteiger partial charge in [0.2, 0.25) is 0 Å². The lowest BCUT2D eigenvalue weighted by molar-refractivity contribution is 0.0625. The highest BCUT2D eigenvalue weighted by atomic mass is 16.5. The van der Waals surface area contributed by atoms with Gasteiger partial charge in [-0.2, -0.15) is 10.4 Å². The van der Waals surface area contributed by atoms with E-state index in [0.29, 0.717) is 48.1 Å². The maximum absolute atomic E-state index is 12.9. The SMILES string of the molecule is COc1cc(C#N)ccc1OCC1CCCN(C(=O)c2cc3ncccn3n2)C1. The van der Waals surface area contributed by atoms with E-state index in [1.807, 2.05) is 4.90 Å². The van der Waals surface area contributed by atoms with Crippen molar-refractivity contribution in [2.45, 2.75) is 12.8 Å². The van der Waals surface area contributed by atoms with Crippen molar-refractivity contribution in [2.24, 2.45) is 5.92 Å². The molecule has 4 rings (SSSR count). The topological polar surface area (TPSA) is 92.8 Å². The van der Waals surface area contributed by atoms with E-state index < -0.39 is 0 Å². The van der Waals surface area contributed by atoms with Gasteiger partial charge in [0, 0.05) is 43.5 Å². The highest BCUT2D eigenvalue weighted by Crippen LogP contribution is 2.29. The minimum atomic E-state index is -0.0869. The molecule has 8 heteroatoms. The fourth-order valence-corrected chi connectivity index (χ4v) is 3.55. The third kappa shape index (κ3) is 3.99. The zero-order chi connectivity index (χ0) is 20.2. The molecule has 0 spiro atoms. The molecule has 1 amide bonds. The Labute approximate surface area is 168 Å². The van der Waals surface area contributed by atoms with Gasteiger partial charge in [-0.05, 0) is 31.0 Å². The molecule has 0 saturated carbocycles. The molecule has 0 radical (unpaired) electrons. The summed E-state index contributed by atoms with van der Waals surface area (Å²) in [6.45, 7) is 1.79. The third-order valence-electron chi connectivity index (χ3n) is 5.03. The number of benzene rings is 1. The normalized spacial score (nSPS) is 16.4.